The summed E-state index contributed by atoms with van der Waals surface area (Å²) in [6, 6.07) is 1.28. The highest BCUT2D eigenvalue weighted by atomic mass is 16.5. The van der Waals surface area contributed by atoms with Gasteiger partial charge in [-0.05, 0) is 45.8 Å². The predicted molar refractivity (Wildman–Crippen MR) is 76.1 cm³/mol. The van der Waals surface area contributed by atoms with Crippen molar-refractivity contribution < 1.29 is 9.53 Å². The quantitative estimate of drug-likeness (QED) is 0.689. The number of rotatable bonds is 6. The van der Waals surface area contributed by atoms with Crippen LogP contribution in [0, 0.1) is 0 Å². The largest absolute Gasteiger partial charge is 0.462 e. The lowest BCUT2D eigenvalue weighted by atomic mass is 10.0. The Hall–Kier alpha value is -0.610. The number of carbonyl (C=O) groups is 1. The molecular weight excluding hydrogens is 240 g/mol. The molecule has 3 atom stereocenters. The van der Waals surface area contributed by atoms with E-state index in [9.17, 15) is 4.79 Å². The van der Waals surface area contributed by atoms with E-state index in [1.54, 1.807) is 0 Å². The molecule has 4 heteroatoms. The Morgan fingerprint density at radius 3 is 2.32 bits per heavy atom. The van der Waals surface area contributed by atoms with Crippen molar-refractivity contribution in [2.45, 2.75) is 64.1 Å². The second-order valence-electron chi connectivity index (χ2n) is 5.91. The molecule has 1 unspecified atom stereocenters. The molecule has 0 aromatic rings. The van der Waals surface area contributed by atoms with Crippen molar-refractivity contribution >= 4 is 5.97 Å². The summed E-state index contributed by atoms with van der Waals surface area (Å²) in [5, 5.41) is 0. The Balaban J connectivity index is 1.71. The number of hydrogen-bond donors (Lipinski definition) is 0. The van der Waals surface area contributed by atoms with Crippen molar-refractivity contribution in [3.63, 3.8) is 0 Å². The minimum atomic E-state index is -0.0131. The van der Waals surface area contributed by atoms with Crippen molar-refractivity contribution in [2.24, 2.45) is 0 Å². The average molecular weight is 268 g/mol. The standard InChI is InChI=1S/C15H28N2O2/c1-4-17(5-2)9-8-15(18)19-14-10-12-6-7-13(11-14)16(12)3/h12-14H,4-11H2,1-3H3/t12-,13+,14?. The van der Waals surface area contributed by atoms with Crippen LogP contribution < -0.4 is 0 Å². The number of piperidine rings is 1. The maximum atomic E-state index is 11.9. The van der Waals surface area contributed by atoms with E-state index < -0.39 is 0 Å². The highest BCUT2D eigenvalue weighted by molar-refractivity contribution is 5.69. The van der Waals surface area contributed by atoms with E-state index in [4.69, 9.17) is 4.74 Å². The maximum Gasteiger partial charge on any atom is 0.307 e. The molecule has 0 saturated carbocycles. The van der Waals surface area contributed by atoms with E-state index in [0.717, 1.165) is 32.5 Å². The van der Waals surface area contributed by atoms with Gasteiger partial charge in [-0.2, -0.15) is 0 Å². The van der Waals surface area contributed by atoms with Crippen LogP contribution in [0.1, 0.15) is 46.0 Å². The Kier molecular flexibility index (Phi) is 5.22. The van der Waals surface area contributed by atoms with Crippen molar-refractivity contribution in [2.75, 3.05) is 26.7 Å². The molecule has 0 N–H and O–H groups in total. The van der Waals surface area contributed by atoms with Gasteiger partial charge in [0.15, 0.2) is 0 Å². The second kappa shape index (κ2) is 6.71. The molecule has 2 aliphatic rings. The number of nitrogens with zero attached hydrogens (tertiary/aromatic N) is 2. The van der Waals surface area contributed by atoms with Gasteiger partial charge < -0.3 is 14.5 Å². The third-order valence-electron chi connectivity index (χ3n) is 4.88. The lowest BCUT2D eigenvalue weighted by molar-refractivity contribution is -0.152. The van der Waals surface area contributed by atoms with Gasteiger partial charge in [0, 0.05) is 18.6 Å². The maximum absolute atomic E-state index is 11.9. The number of carbonyl (C=O) groups excluding carboxylic acids is 1. The van der Waals surface area contributed by atoms with Crippen LogP contribution in [-0.4, -0.2) is 60.6 Å². The van der Waals surface area contributed by atoms with Crippen molar-refractivity contribution in [3.05, 3.63) is 0 Å². The van der Waals surface area contributed by atoms with Gasteiger partial charge in [0.2, 0.25) is 0 Å². The van der Waals surface area contributed by atoms with E-state index >= 15 is 0 Å². The molecule has 2 fully saturated rings. The van der Waals surface area contributed by atoms with Crippen LogP contribution in [0.5, 0.6) is 0 Å². The van der Waals surface area contributed by atoms with E-state index in [2.05, 4.69) is 30.7 Å². The molecule has 0 amide bonds. The molecule has 2 aliphatic heterocycles. The van der Waals surface area contributed by atoms with E-state index in [-0.39, 0.29) is 12.1 Å². The number of ether oxygens (including phenoxy) is 1. The molecule has 0 radical (unpaired) electrons. The minimum Gasteiger partial charge on any atom is -0.462 e. The van der Waals surface area contributed by atoms with Gasteiger partial charge in [-0.1, -0.05) is 13.8 Å². The third kappa shape index (κ3) is 3.69. The molecular formula is C15H28N2O2. The number of esters is 1. The molecule has 2 saturated heterocycles. The molecule has 2 heterocycles. The predicted octanol–water partition coefficient (Wildman–Crippen LogP) is 1.89. The summed E-state index contributed by atoms with van der Waals surface area (Å²) in [7, 11) is 2.21. The average Bonchev–Trinajstić information content (AvgIpc) is 2.63. The highest BCUT2D eigenvalue weighted by Gasteiger charge is 2.39. The number of fused-ring (bicyclic) bond motifs is 2. The zero-order valence-electron chi connectivity index (χ0n) is 12.6. The SMILES string of the molecule is CCN(CC)CCC(=O)OC1C[C@H]2CC[C@@H](C1)N2C. The summed E-state index contributed by atoms with van der Waals surface area (Å²) < 4.78 is 5.67. The Morgan fingerprint density at radius 2 is 1.79 bits per heavy atom. The molecule has 110 valence electrons. The van der Waals surface area contributed by atoms with Gasteiger partial charge in [0.25, 0.3) is 0 Å². The topological polar surface area (TPSA) is 32.8 Å². The lowest BCUT2D eigenvalue weighted by Gasteiger charge is -2.35. The normalized spacial score (nSPS) is 30.8. The first-order valence-corrected chi connectivity index (χ1v) is 7.77. The summed E-state index contributed by atoms with van der Waals surface area (Å²) in [5.41, 5.74) is 0. The molecule has 4 nitrogen and oxygen atoms in total. The first-order chi connectivity index (χ1) is 9.13. The Bertz CT molecular complexity index is 291. The zero-order chi connectivity index (χ0) is 13.8. The molecule has 2 bridgehead atoms. The van der Waals surface area contributed by atoms with Crippen LogP contribution in [0.4, 0.5) is 0 Å². The molecule has 0 aromatic carbocycles. The van der Waals surface area contributed by atoms with Gasteiger partial charge in [-0.25, -0.2) is 0 Å². The minimum absolute atomic E-state index is 0.0131. The Morgan fingerprint density at radius 1 is 1.21 bits per heavy atom. The van der Waals surface area contributed by atoms with E-state index in [1.165, 1.54) is 12.8 Å². The van der Waals surface area contributed by atoms with Crippen LogP contribution in [0.3, 0.4) is 0 Å². The smallest absolute Gasteiger partial charge is 0.307 e. The van der Waals surface area contributed by atoms with E-state index in [1.807, 2.05) is 0 Å². The molecule has 0 spiro atoms. The summed E-state index contributed by atoms with van der Waals surface area (Å²) in [6.45, 7) is 7.09. The van der Waals surface area contributed by atoms with Gasteiger partial charge in [0.1, 0.15) is 6.10 Å². The second-order valence-corrected chi connectivity index (χ2v) is 5.91. The number of hydrogen-bond acceptors (Lipinski definition) is 4. The lowest BCUT2D eigenvalue weighted by Crippen LogP contribution is -2.43. The Labute approximate surface area is 117 Å². The third-order valence-corrected chi connectivity index (χ3v) is 4.88. The fraction of sp³-hybridized carbons (Fsp3) is 0.933. The monoisotopic (exact) mass is 268 g/mol. The van der Waals surface area contributed by atoms with Gasteiger partial charge >= 0.3 is 5.97 Å². The summed E-state index contributed by atoms with van der Waals surface area (Å²) in [6.07, 6.45) is 5.30. The van der Waals surface area contributed by atoms with Gasteiger partial charge in [0.05, 0.1) is 6.42 Å². The van der Waals surface area contributed by atoms with Crippen LogP contribution in [0.15, 0.2) is 0 Å². The molecule has 2 rings (SSSR count). The van der Waals surface area contributed by atoms with E-state index in [0.29, 0.717) is 18.5 Å². The van der Waals surface area contributed by atoms with Crippen LogP contribution in [-0.2, 0) is 9.53 Å². The fourth-order valence-electron chi connectivity index (χ4n) is 3.49. The van der Waals surface area contributed by atoms with Crippen LogP contribution >= 0.6 is 0 Å². The van der Waals surface area contributed by atoms with Gasteiger partial charge in [-0.3, -0.25) is 4.79 Å². The highest BCUT2D eigenvalue weighted by Crippen LogP contribution is 2.35. The molecule has 19 heavy (non-hydrogen) atoms. The molecule has 0 aliphatic carbocycles. The first-order valence-electron chi connectivity index (χ1n) is 7.77. The van der Waals surface area contributed by atoms with Crippen molar-refractivity contribution in [1.82, 2.24) is 9.80 Å². The molecule has 0 aromatic heterocycles. The van der Waals surface area contributed by atoms with Crippen molar-refractivity contribution in [3.8, 4) is 0 Å². The van der Waals surface area contributed by atoms with Crippen molar-refractivity contribution in [1.29, 1.82) is 0 Å². The van der Waals surface area contributed by atoms with Gasteiger partial charge in [-0.15, -0.1) is 0 Å². The summed E-state index contributed by atoms with van der Waals surface area (Å²) in [4.78, 5) is 16.6. The van der Waals surface area contributed by atoms with Crippen LogP contribution in [0.2, 0.25) is 0 Å². The first kappa shape index (κ1) is 14.8. The zero-order valence-corrected chi connectivity index (χ0v) is 12.6. The summed E-state index contributed by atoms with van der Waals surface area (Å²) in [5.74, 6) is -0.0131. The summed E-state index contributed by atoms with van der Waals surface area (Å²) >= 11 is 0. The van der Waals surface area contributed by atoms with Crippen LogP contribution in [0.25, 0.3) is 0 Å². The fourth-order valence-corrected chi connectivity index (χ4v) is 3.49.